The summed E-state index contributed by atoms with van der Waals surface area (Å²) in [6.07, 6.45) is 0. The number of carbonyl (C=O) groups excluding carboxylic acids is 1. The SMILES string of the molecule is NC(=O)c1cc2[nH]c(NCc3ccccc3)nc2cc1N. The number of imidazole rings is 1. The molecule has 0 saturated carbocycles. The zero-order valence-electron chi connectivity index (χ0n) is 11.3. The number of aromatic amines is 1. The molecule has 2 aromatic carbocycles. The molecule has 0 atom stereocenters. The van der Waals surface area contributed by atoms with E-state index in [0.29, 0.717) is 34.8 Å². The molecule has 0 aliphatic heterocycles. The number of carbonyl (C=O) groups is 1. The summed E-state index contributed by atoms with van der Waals surface area (Å²) in [6, 6.07) is 13.2. The van der Waals surface area contributed by atoms with Crippen molar-refractivity contribution < 1.29 is 4.79 Å². The number of nitrogen functional groups attached to an aromatic ring is 1. The van der Waals surface area contributed by atoms with Crippen LogP contribution in [-0.2, 0) is 6.54 Å². The maximum atomic E-state index is 11.3. The first-order valence-electron chi connectivity index (χ1n) is 6.50. The van der Waals surface area contributed by atoms with Gasteiger partial charge in [-0.1, -0.05) is 30.3 Å². The molecule has 3 rings (SSSR count). The molecule has 1 amide bonds. The van der Waals surface area contributed by atoms with Crippen molar-refractivity contribution in [1.82, 2.24) is 9.97 Å². The second-order valence-electron chi connectivity index (χ2n) is 4.75. The minimum Gasteiger partial charge on any atom is -0.398 e. The summed E-state index contributed by atoms with van der Waals surface area (Å²) in [5.41, 5.74) is 14.2. The number of aromatic nitrogens is 2. The van der Waals surface area contributed by atoms with Crippen LogP contribution in [0, 0.1) is 0 Å². The Morgan fingerprint density at radius 3 is 2.71 bits per heavy atom. The highest BCUT2D eigenvalue weighted by Crippen LogP contribution is 2.21. The zero-order valence-corrected chi connectivity index (χ0v) is 11.3. The van der Waals surface area contributed by atoms with Gasteiger partial charge in [0.25, 0.3) is 5.91 Å². The lowest BCUT2D eigenvalue weighted by Gasteiger charge is -2.01. The summed E-state index contributed by atoms with van der Waals surface area (Å²) in [7, 11) is 0. The molecule has 0 radical (unpaired) electrons. The first-order valence-corrected chi connectivity index (χ1v) is 6.50. The molecule has 1 aromatic heterocycles. The normalized spacial score (nSPS) is 10.7. The van der Waals surface area contributed by atoms with E-state index in [1.54, 1.807) is 12.1 Å². The van der Waals surface area contributed by atoms with Crippen molar-refractivity contribution in [2.24, 2.45) is 5.73 Å². The van der Waals surface area contributed by atoms with Crippen LogP contribution in [0.3, 0.4) is 0 Å². The number of nitrogens with one attached hydrogen (secondary N) is 2. The highest BCUT2D eigenvalue weighted by atomic mass is 16.1. The quantitative estimate of drug-likeness (QED) is 0.547. The fourth-order valence-electron chi connectivity index (χ4n) is 2.15. The van der Waals surface area contributed by atoms with E-state index in [-0.39, 0.29) is 0 Å². The number of amides is 1. The number of primary amides is 1. The Hall–Kier alpha value is -3.02. The van der Waals surface area contributed by atoms with Crippen molar-refractivity contribution >= 4 is 28.6 Å². The molecule has 3 aromatic rings. The largest absolute Gasteiger partial charge is 0.398 e. The summed E-state index contributed by atoms with van der Waals surface area (Å²) < 4.78 is 0. The van der Waals surface area contributed by atoms with E-state index >= 15 is 0 Å². The number of fused-ring (bicyclic) bond motifs is 1. The Morgan fingerprint density at radius 2 is 2.00 bits per heavy atom. The van der Waals surface area contributed by atoms with E-state index in [2.05, 4.69) is 15.3 Å². The van der Waals surface area contributed by atoms with Gasteiger partial charge in [0, 0.05) is 12.2 Å². The van der Waals surface area contributed by atoms with Crippen molar-refractivity contribution in [3.63, 3.8) is 0 Å². The number of benzene rings is 2. The van der Waals surface area contributed by atoms with E-state index in [9.17, 15) is 4.79 Å². The maximum absolute atomic E-state index is 11.3. The summed E-state index contributed by atoms with van der Waals surface area (Å²) in [6.45, 7) is 0.652. The zero-order chi connectivity index (χ0) is 14.8. The average molecular weight is 281 g/mol. The van der Waals surface area contributed by atoms with E-state index < -0.39 is 5.91 Å². The molecular formula is C15H15N5O. The van der Waals surface area contributed by atoms with Crippen LogP contribution in [-0.4, -0.2) is 15.9 Å². The standard InChI is InChI=1S/C15H15N5O/c16-11-7-13-12(6-10(11)14(17)21)19-15(20-13)18-8-9-4-2-1-3-5-9/h1-7H,8,16H2,(H2,17,21)(H2,18,19,20). The third-order valence-electron chi connectivity index (χ3n) is 3.22. The first kappa shape index (κ1) is 13.0. The van der Waals surface area contributed by atoms with Crippen LogP contribution in [0.15, 0.2) is 42.5 Å². The van der Waals surface area contributed by atoms with Crippen LogP contribution < -0.4 is 16.8 Å². The third kappa shape index (κ3) is 2.64. The van der Waals surface area contributed by atoms with Gasteiger partial charge in [-0.05, 0) is 17.7 Å². The van der Waals surface area contributed by atoms with Gasteiger partial charge in [0.15, 0.2) is 0 Å². The molecule has 0 fully saturated rings. The van der Waals surface area contributed by atoms with Gasteiger partial charge in [-0.15, -0.1) is 0 Å². The number of hydrogen-bond acceptors (Lipinski definition) is 4. The number of rotatable bonds is 4. The van der Waals surface area contributed by atoms with Gasteiger partial charge in [-0.3, -0.25) is 4.79 Å². The molecule has 0 bridgehead atoms. The van der Waals surface area contributed by atoms with E-state index in [1.807, 2.05) is 30.3 Å². The minimum atomic E-state index is -0.553. The molecule has 21 heavy (non-hydrogen) atoms. The molecule has 0 unspecified atom stereocenters. The summed E-state index contributed by atoms with van der Waals surface area (Å²) in [4.78, 5) is 18.8. The predicted octanol–water partition coefficient (Wildman–Crippen LogP) is 1.86. The number of hydrogen-bond donors (Lipinski definition) is 4. The van der Waals surface area contributed by atoms with Crippen LogP contribution in [0.2, 0.25) is 0 Å². The highest BCUT2D eigenvalue weighted by Gasteiger charge is 2.10. The van der Waals surface area contributed by atoms with Crippen molar-refractivity contribution in [2.45, 2.75) is 6.54 Å². The van der Waals surface area contributed by atoms with Crippen LogP contribution >= 0.6 is 0 Å². The van der Waals surface area contributed by atoms with Gasteiger partial charge in [-0.2, -0.15) is 0 Å². The Kier molecular flexibility index (Phi) is 3.19. The van der Waals surface area contributed by atoms with Crippen molar-refractivity contribution in [3.05, 3.63) is 53.6 Å². The fraction of sp³-hybridized carbons (Fsp3) is 0.0667. The molecule has 6 heteroatoms. The molecule has 106 valence electrons. The summed E-state index contributed by atoms with van der Waals surface area (Å²) >= 11 is 0. The average Bonchev–Trinajstić information content (AvgIpc) is 2.87. The third-order valence-corrected chi connectivity index (χ3v) is 3.22. The lowest BCUT2D eigenvalue weighted by Crippen LogP contribution is -2.13. The van der Waals surface area contributed by atoms with Gasteiger partial charge < -0.3 is 21.8 Å². The summed E-state index contributed by atoms with van der Waals surface area (Å²) in [5.74, 6) is 0.0673. The minimum absolute atomic E-state index is 0.292. The molecule has 0 aliphatic rings. The van der Waals surface area contributed by atoms with Crippen molar-refractivity contribution in [1.29, 1.82) is 0 Å². The molecule has 0 spiro atoms. The van der Waals surface area contributed by atoms with Crippen LogP contribution in [0.1, 0.15) is 15.9 Å². The highest BCUT2D eigenvalue weighted by molar-refractivity contribution is 6.02. The number of H-pyrrole nitrogens is 1. The molecule has 1 heterocycles. The summed E-state index contributed by atoms with van der Waals surface area (Å²) in [5, 5.41) is 3.19. The molecule has 0 aliphatic carbocycles. The first-order chi connectivity index (χ1) is 10.1. The smallest absolute Gasteiger partial charge is 0.250 e. The number of nitrogens with zero attached hydrogens (tertiary/aromatic N) is 1. The van der Waals surface area contributed by atoms with Crippen molar-refractivity contribution in [2.75, 3.05) is 11.1 Å². The molecule has 6 N–H and O–H groups in total. The predicted molar refractivity (Wildman–Crippen MR) is 82.8 cm³/mol. The van der Waals surface area contributed by atoms with Gasteiger partial charge in [-0.25, -0.2) is 4.98 Å². The Balaban J connectivity index is 1.86. The Bertz CT molecular complexity index is 794. The van der Waals surface area contributed by atoms with Gasteiger partial charge in [0.05, 0.1) is 16.6 Å². The second kappa shape index (κ2) is 5.16. The molecule has 6 nitrogen and oxygen atoms in total. The van der Waals surface area contributed by atoms with Crippen LogP contribution in [0.4, 0.5) is 11.6 Å². The lowest BCUT2D eigenvalue weighted by molar-refractivity contribution is 0.100. The Morgan fingerprint density at radius 1 is 1.24 bits per heavy atom. The molecular weight excluding hydrogens is 266 g/mol. The van der Waals surface area contributed by atoms with Gasteiger partial charge >= 0.3 is 0 Å². The second-order valence-corrected chi connectivity index (χ2v) is 4.75. The van der Waals surface area contributed by atoms with E-state index in [1.165, 1.54) is 0 Å². The van der Waals surface area contributed by atoms with Crippen LogP contribution in [0.5, 0.6) is 0 Å². The van der Waals surface area contributed by atoms with Gasteiger partial charge in [0.1, 0.15) is 0 Å². The molecule has 0 saturated heterocycles. The topological polar surface area (TPSA) is 110 Å². The van der Waals surface area contributed by atoms with E-state index in [0.717, 1.165) is 5.56 Å². The number of nitrogens with two attached hydrogens (primary N) is 2. The fourth-order valence-corrected chi connectivity index (χ4v) is 2.15. The lowest BCUT2D eigenvalue weighted by atomic mass is 10.1. The van der Waals surface area contributed by atoms with Crippen LogP contribution in [0.25, 0.3) is 11.0 Å². The monoisotopic (exact) mass is 281 g/mol. The van der Waals surface area contributed by atoms with Gasteiger partial charge in [0.2, 0.25) is 5.95 Å². The Labute approximate surface area is 121 Å². The van der Waals surface area contributed by atoms with Crippen molar-refractivity contribution in [3.8, 4) is 0 Å². The maximum Gasteiger partial charge on any atom is 0.250 e. The van der Waals surface area contributed by atoms with E-state index in [4.69, 9.17) is 11.5 Å². The number of anilines is 2.